The Morgan fingerprint density at radius 2 is 2.29 bits per heavy atom. The highest BCUT2D eigenvalue weighted by Crippen LogP contribution is 2.13. The molecule has 0 saturated carbocycles. The van der Waals surface area contributed by atoms with E-state index in [-0.39, 0.29) is 0 Å². The smallest absolute Gasteiger partial charge is 0.0992 e. The topological polar surface area (TPSA) is 53.6 Å². The first-order valence-electron chi connectivity index (χ1n) is 5.45. The van der Waals surface area contributed by atoms with Gasteiger partial charge in [0.25, 0.3) is 0 Å². The van der Waals surface area contributed by atoms with Gasteiger partial charge in [-0.3, -0.25) is 0 Å². The number of aryl methyl sites for hydroxylation is 1. The molecule has 1 aromatic heterocycles. The Kier molecular flexibility index (Phi) is 3.22. The van der Waals surface area contributed by atoms with E-state index in [0.717, 1.165) is 23.5 Å². The van der Waals surface area contributed by atoms with Crippen LogP contribution in [0.15, 0.2) is 30.5 Å². The van der Waals surface area contributed by atoms with Crippen molar-refractivity contribution in [3.8, 4) is 11.8 Å². The lowest BCUT2D eigenvalue weighted by atomic mass is 10.2. The van der Waals surface area contributed by atoms with Gasteiger partial charge in [0.15, 0.2) is 0 Å². The summed E-state index contributed by atoms with van der Waals surface area (Å²) in [4.78, 5) is 0. The summed E-state index contributed by atoms with van der Waals surface area (Å²) < 4.78 is 1.81. The van der Waals surface area contributed by atoms with Gasteiger partial charge in [0.05, 0.1) is 23.0 Å². The Hall–Kier alpha value is -2.12. The summed E-state index contributed by atoms with van der Waals surface area (Å²) in [7, 11) is 1.91. The van der Waals surface area contributed by atoms with E-state index in [4.69, 9.17) is 5.26 Å². The summed E-state index contributed by atoms with van der Waals surface area (Å²) in [6.45, 7) is 2.78. The number of rotatable bonds is 3. The van der Waals surface area contributed by atoms with Crippen molar-refractivity contribution in [1.29, 1.82) is 5.26 Å². The lowest BCUT2D eigenvalue weighted by molar-refractivity contribution is 0.812. The summed E-state index contributed by atoms with van der Waals surface area (Å²) in [6.07, 6.45) is 1.99. The van der Waals surface area contributed by atoms with E-state index in [9.17, 15) is 0 Å². The number of nitrogens with zero attached hydrogens (tertiary/aromatic N) is 3. The second-order valence-electron chi connectivity index (χ2n) is 3.88. The van der Waals surface area contributed by atoms with Gasteiger partial charge in [-0.05, 0) is 32.2 Å². The van der Waals surface area contributed by atoms with E-state index in [2.05, 4.69) is 16.5 Å². The number of hydrogen-bond acceptors (Lipinski definition) is 3. The third-order valence-electron chi connectivity index (χ3n) is 2.61. The maximum absolute atomic E-state index is 8.86. The maximum Gasteiger partial charge on any atom is 0.0992 e. The molecule has 1 heterocycles. The molecule has 0 spiro atoms. The van der Waals surface area contributed by atoms with Crippen LogP contribution in [0.5, 0.6) is 0 Å². The van der Waals surface area contributed by atoms with E-state index in [0.29, 0.717) is 5.56 Å². The molecule has 0 aliphatic carbocycles. The molecule has 2 aromatic rings. The van der Waals surface area contributed by atoms with Crippen LogP contribution in [0, 0.1) is 18.3 Å². The quantitative estimate of drug-likeness (QED) is 0.867. The number of nitrogens with one attached hydrogen (secondary N) is 1. The molecule has 0 amide bonds. The Morgan fingerprint density at radius 1 is 1.47 bits per heavy atom. The minimum absolute atomic E-state index is 0.644. The molecule has 1 aromatic carbocycles. The third-order valence-corrected chi connectivity index (χ3v) is 2.61. The second kappa shape index (κ2) is 4.81. The highest BCUT2D eigenvalue weighted by atomic mass is 15.3. The summed E-state index contributed by atoms with van der Waals surface area (Å²) in [5, 5.41) is 16.4. The molecular formula is C13H14N4. The highest BCUT2D eigenvalue weighted by Gasteiger charge is 2.05. The average Bonchev–Trinajstić information content (AvgIpc) is 2.72. The van der Waals surface area contributed by atoms with Gasteiger partial charge < -0.3 is 5.32 Å². The van der Waals surface area contributed by atoms with Crippen LogP contribution in [0.1, 0.15) is 16.8 Å². The molecule has 1 N–H and O–H groups in total. The number of nitriles is 1. The zero-order valence-corrected chi connectivity index (χ0v) is 9.94. The third kappa shape index (κ3) is 2.35. The van der Waals surface area contributed by atoms with Gasteiger partial charge >= 0.3 is 0 Å². The van der Waals surface area contributed by atoms with Crippen LogP contribution in [0.4, 0.5) is 0 Å². The Bertz CT molecular complexity index is 563. The minimum atomic E-state index is 0.644. The average molecular weight is 226 g/mol. The van der Waals surface area contributed by atoms with Crippen molar-refractivity contribution in [3.63, 3.8) is 0 Å². The number of hydrogen-bond donors (Lipinski definition) is 1. The van der Waals surface area contributed by atoms with Crippen LogP contribution >= 0.6 is 0 Å². The zero-order chi connectivity index (χ0) is 12.3. The molecule has 0 saturated heterocycles. The monoisotopic (exact) mass is 226 g/mol. The molecule has 0 atom stereocenters. The molecule has 17 heavy (non-hydrogen) atoms. The van der Waals surface area contributed by atoms with Crippen LogP contribution in [0.2, 0.25) is 0 Å². The SMILES string of the molecule is CNCc1cn(-c2cccc(C#N)c2)nc1C. The van der Waals surface area contributed by atoms with Crippen molar-refractivity contribution in [1.82, 2.24) is 15.1 Å². The van der Waals surface area contributed by atoms with E-state index < -0.39 is 0 Å². The predicted octanol–water partition coefficient (Wildman–Crippen LogP) is 1.77. The van der Waals surface area contributed by atoms with Crippen LogP contribution in [0.25, 0.3) is 5.69 Å². The number of aromatic nitrogens is 2. The van der Waals surface area contributed by atoms with Crippen LogP contribution in [-0.4, -0.2) is 16.8 Å². The van der Waals surface area contributed by atoms with Crippen LogP contribution in [-0.2, 0) is 6.54 Å². The van der Waals surface area contributed by atoms with Gasteiger partial charge in [0.1, 0.15) is 0 Å². The molecule has 0 aliphatic heterocycles. The summed E-state index contributed by atoms with van der Waals surface area (Å²) in [5.74, 6) is 0. The molecular weight excluding hydrogens is 212 g/mol. The Balaban J connectivity index is 2.39. The van der Waals surface area contributed by atoms with Crippen LogP contribution < -0.4 is 5.32 Å². The van der Waals surface area contributed by atoms with Gasteiger partial charge in [0, 0.05) is 18.3 Å². The van der Waals surface area contributed by atoms with Crippen molar-refractivity contribution in [2.75, 3.05) is 7.05 Å². The molecule has 4 nitrogen and oxygen atoms in total. The van der Waals surface area contributed by atoms with E-state index in [1.807, 2.05) is 43.0 Å². The van der Waals surface area contributed by atoms with E-state index in [1.165, 1.54) is 0 Å². The van der Waals surface area contributed by atoms with Gasteiger partial charge in [-0.2, -0.15) is 10.4 Å². The molecule has 0 fully saturated rings. The molecule has 0 unspecified atom stereocenters. The zero-order valence-electron chi connectivity index (χ0n) is 9.94. The van der Waals surface area contributed by atoms with Gasteiger partial charge in [-0.1, -0.05) is 6.07 Å². The molecule has 86 valence electrons. The maximum atomic E-state index is 8.86. The summed E-state index contributed by atoms with van der Waals surface area (Å²) in [6, 6.07) is 9.55. The van der Waals surface area contributed by atoms with E-state index >= 15 is 0 Å². The Morgan fingerprint density at radius 3 is 3.00 bits per heavy atom. The van der Waals surface area contributed by atoms with Crippen molar-refractivity contribution in [2.24, 2.45) is 0 Å². The van der Waals surface area contributed by atoms with Gasteiger partial charge in [0.2, 0.25) is 0 Å². The Labute approximate surface area is 100 Å². The molecule has 4 heteroatoms. The molecule has 0 radical (unpaired) electrons. The van der Waals surface area contributed by atoms with Crippen LogP contribution in [0.3, 0.4) is 0 Å². The first-order chi connectivity index (χ1) is 8.24. The van der Waals surface area contributed by atoms with Crippen molar-refractivity contribution < 1.29 is 0 Å². The fourth-order valence-corrected chi connectivity index (χ4v) is 1.71. The normalized spacial score (nSPS) is 10.2. The predicted molar refractivity (Wildman–Crippen MR) is 65.8 cm³/mol. The fourth-order valence-electron chi connectivity index (χ4n) is 1.71. The highest BCUT2D eigenvalue weighted by molar-refractivity contribution is 5.41. The first-order valence-corrected chi connectivity index (χ1v) is 5.45. The largest absolute Gasteiger partial charge is 0.316 e. The minimum Gasteiger partial charge on any atom is -0.316 e. The van der Waals surface area contributed by atoms with Gasteiger partial charge in [-0.15, -0.1) is 0 Å². The standard InChI is InChI=1S/C13H14N4/c1-10-12(8-15-2)9-17(16-10)13-5-3-4-11(6-13)7-14/h3-6,9,15H,8H2,1-2H3. The summed E-state index contributed by atoms with van der Waals surface area (Å²) >= 11 is 0. The molecule has 0 bridgehead atoms. The second-order valence-corrected chi connectivity index (χ2v) is 3.88. The number of benzene rings is 1. The first kappa shape index (κ1) is 11.4. The molecule has 2 rings (SSSR count). The van der Waals surface area contributed by atoms with Crippen molar-refractivity contribution in [3.05, 3.63) is 47.3 Å². The fraction of sp³-hybridized carbons (Fsp3) is 0.231. The summed E-state index contributed by atoms with van der Waals surface area (Å²) in [5.41, 5.74) is 3.72. The van der Waals surface area contributed by atoms with Crippen molar-refractivity contribution >= 4 is 0 Å². The van der Waals surface area contributed by atoms with E-state index in [1.54, 1.807) is 6.07 Å². The lowest BCUT2D eigenvalue weighted by Gasteiger charge is -2.00. The van der Waals surface area contributed by atoms with Crippen molar-refractivity contribution in [2.45, 2.75) is 13.5 Å². The lowest BCUT2D eigenvalue weighted by Crippen LogP contribution is -2.05. The molecule has 0 aliphatic rings. The van der Waals surface area contributed by atoms with Gasteiger partial charge in [-0.25, -0.2) is 4.68 Å².